The van der Waals surface area contributed by atoms with Gasteiger partial charge in [-0.1, -0.05) is 32.4 Å². The molecule has 0 bridgehead atoms. The minimum Gasteiger partial charge on any atom is -0.271 e. The van der Waals surface area contributed by atoms with Crippen LogP contribution in [-0.2, 0) is 0 Å². The fourth-order valence-electron chi connectivity index (χ4n) is 3.86. The molecule has 3 nitrogen and oxygen atoms in total. The number of rotatable bonds is 3. The Morgan fingerprint density at radius 1 is 1.29 bits per heavy atom. The van der Waals surface area contributed by atoms with Crippen LogP contribution in [0.2, 0.25) is 0 Å². The van der Waals surface area contributed by atoms with Gasteiger partial charge in [-0.15, -0.1) is 0 Å². The molecule has 3 rings (SSSR count). The Hall–Kier alpha value is -1.45. The van der Waals surface area contributed by atoms with Crippen LogP contribution in [0.3, 0.4) is 0 Å². The standard InChI is InChI=1S/C18H25N3/c1-12-6-7-13-11-14(8-9-16(13)20-12)17(21-19)15-5-4-10-18(15,2)3/h6-9,11,15,17,21H,4-5,10,19H2,1-3H3. The van der Waals surface area contributed by atoms with Crippen molar-refractivity contribution in [1.82, 2.24) is 10.4 Å². The monoisotopic (exact) mass is 283 g/mol. The van der Waals surface area contributed by atoms with E-state index in [9.17, 15) is 0 Å². The number of nitrogens with two attached hydrogens (primary N) is 1. The summed E-state index contributed by atoms with van der Waals surface area (Å²) in [7, 11) is 0. The predicted octanol–water partition coefficient (Wildman–Crippen LogP) is 3.87. The molecule has 1 heterocycles. The molecule has 21 heavy (non-hydrogen) atoms. The number of fused-ring (bicyclic) bond motifs is 1. The van der Waals surface area contributed by atoms with Gasteiger partial charge in [0.1, 0.15) is 0 Å². The van der Waals surface area contributed by atoms with Crippen molar-refractivity contribution in [2.24, 2.45) is 17.2 Å². The molecule has 1 aliphatic carbocycles. The van der Waals surface area contributed by atoms with E-state index in [1.54, 1.807) is 0 Å². The van der Waals surface area contributed by atoms with Crippen molar-refractivity contribution in [3.05, 3.63) is 41.6 Å². The molecular formula is C18H25N3. The van der Waals surface area contributed by atoms with Gasteiger partial charge in [-0.2, -0.15) is 0 Å². The third-order valence-electron chi connectivity index (χ3n) is 5.13. The molecule has 1 aliphatic rings. The lowest BCUT2D eigenvalue weighted by Crippen LogP contribution is -2.37. The number of nitrogens with one attached hydrogen (secondary N) is 1. The van der Waals surface area contributed by atoms with Crippen LogP contribution in [0, 0.1) is 18.3 Å². The van der Waals surface area contributed by atoms with Crippen molar-refractivity contribution in [1.29, 1.82) is 0 Å². The minimum absolute atomic E-state index is 0.216. The molecule has 0 saturated heterocycles. The average Bonchev–Trinajstić information content (AvgIpc) is 2.80. The van der Waals surface area contributed by atoms with Gasteiger partial charge in [0.2, 0.25) is 0 Å². The van der Waals surface area contributed by atoms with Gasteiger partial charge in [0.05, 0.1) is 5.52 Å². The molecule has 1 aromatic heterocycles. The number of aromatic nitrogens is 1. The highest BCUT2D eigenvalue weighted by atomic mass is 15.2. The van der Waals surface area contributed by atoms with Crippen LogP contribution >= 0.6 is 0 Å². The van der Waals surface area contributed by atoms with E-state index in [4.69, 9.17) is 5.84 Å². The average molecular weight is 283 g/mol. The first-order valence-corrected chi connectivity index (χ1v) is 7.85. The molecule has 0 amide bonds. The van der Waals surface area contributed by atoms with Gasteiger partial charge in [0.15, 0.2) is 0 Å². The Kier molecular flexibility index (Phi) is 3.72. The van der Waals surface area contributed by atoms with E-state index in [1.807, 2.05) is 6.92 Å². The van der Waals surface area contributed by atoms with Crippen molar-refractivity contribution in [2.45, 2.75) is 46.1 Å². The molecule has 1 fully saturated rings. The molecule has 112 valence electrons. The Labute approximate surface area is 126 Å². The molecule has 0 radical (unpaired) electrons. The third-order valence-corrected chi connectivity index (χ3v) is 5.13. The van der Waals surface area contributed by atoms with Gasteiger partial charge < -0.3 is 0 Å². The fraction of sp³-hybridized carbons (Fsp3) is 0.500. The highest BCUT2D eigenvalue weighted by molar-refractivity contribution is 5.79. The summed E-state index contributed by atoms with van der Waals surface area (Å²) in [6, 6.07) is 11.0. The van der Waals surface area contributed by atoms with Gasteiger partial charge in [0.25, 0.3) is 0 Å². The van der Waals surface area contributed by atoms with Crippen molar-refractivity contribution in [3.8, 4) is 0 Å². The summed E-state index contributed by atoms with van der Waals surface area (Å²) < 4.78 is 0. The lowest BCUT2D eigenvalue weighted by Gasteiger charge is -2.34. The van der Waals surface area contributed by atoms with Gasteiger partial charge in [-0.3, -0.25) is 16.3 Å². The summed E-state index contributed by atoms with van der Waals surface area (Å²) in [6.45, 7) is 6.75. The highest BCUT2D eigenvalue weighted by Crippen LogP contribution is 2.48. The van der Waals surface area contributed by atoms with Gasteiger partial charge in [-0.05, 0) is 54.9 Å². The third kappa shape index (κ3) is 2.68. The normalized spacial score (nSPS) is 22.6. The Morgan fingerprint density at radius 3 is 2.76 bits per heavy atom. The zero-order valence-corrected chi connectivity index (χ0v) is 13.2. The van der Waals surface area contributed by atoms with E-state index in [-0.39, 0.29) is 6.04 Å². The maximum Gasteiger partial charge on any atom is 0.0705 e. The van der Waals surface area contributed by atoms with Crippen molar-refractivity contribution >= 4 is 10.9 Å². The van der Waals surface area contributed by atoms with Crippen LogP contribution in [0.4, 0.5) is 0 Å². The summed E-state index contributed by atoms with van der Waals surface area (Å²) in [6.07, 6.45) is 3.82. The minimum atomic E-state index is 0.216. The zero-order chi connectivity index (χ0) is 15.0. The number of hydrogen-bond donors (Lipinski definition) is 2. The summed E-state index contributed by atoms with van der Waals surface area (Å²) in [4.78, 5) is 4.58. The zero-order valence-electron chi connectivity index (χ0n) is 13.2. The molecule has 1 saturated carbocycles. The lowest BCUT2D eigenvalue weighted by atomic mass is 9.75. The second-order valence-electron chi connectivity index (χ2n) is 7.04. The molecule has 0 spiro atoms. The molecule has 3 N–H and O–H groups in total. The fourth-order valence-corrected chi connectivity index (χ4v) is 3.86. The summed E-state index contributed by atoms with van der Waals surface area (Å²) in [5.74, 6) is 6.49. The second-order valence-corrected chi connectivity index (χ2v) is 7.04. The van der Waals surface area contributed by atoms with E-state index in [1.165, 1.54) is 30.2 Å². The van der Waals surface area contributed by atoms with Crippen LogP contribution in [0.25, 0.3) is 10.9 Å². The van der Waals surface area contributed by atoms with E-state index in [0.29, 0.717) is 11.3 Å². The van der Waals surface area contributed by atoms with E-state index in [2.05, 4.69) is 54.6 Å². The van der Waals surface area contributed by atoms with E-state index in [0.717, 1.165) is 11.2 Å². The first-order chi connectivity index (χ1) is 10.0. The highest BCUT2D eigenvalue weighted by Gasteiger charge is 2.39. The molecule has 2 atom stereocenters. The Morgan fingerprint density at radius 2 is 2.10 bits per heavy atom. The predicted molar refractivity (Wildman–Crippen MR) is 87.7 cm³/mol. The molecule has 2 unspecified atom stereocenters. The second kappa shape index (κ2) is 5.39. The van der Waals surface area contributed by atoms with Crippen molar-refractivity contribution in [3.63, 3.8) is 0 Å². The van der Waals surface area contributed by atoms with Gasteiger partial charge in [0, 0.05) is 17.1 Å². The quantitative estimate of drug-likeness (QED) is 0.664. The largest absolute Gasteiger partial charge is 0.271 e. The van der Waals surface area contributed by atoms with Crippen LogP contribution in [0.1, 0.15) is 50.4 Å². The first-order valence-electron chi connectivity index (χ1n) is 7.85. The number of benzene rings is 1. The summed E-state index contributed by atoms with van der Waals surface area (Å²) in [5.41, 5.74) is 6.80. The molecule has 1 aromatic carbocycles. The smallest absolute Gasteiger partial charge is 0.0705 e. The van der Waals surface area contributed by atoms with Crippen LogP contribution in [0.15, 0.2) is 30.3 Å². The van der Waals surface area contributed by atoms with Crippen LogP contribution in [0.5, 0.6) is 0 Å². The Balaban J connectivity index is 1.99. The van der Waals surface area contributed by atoms with Gasteiger partial charge in [-0.25, -0.2) is 0 Å². The molecule has 2 aromatic rings. The van der Waals surface area contributed by atoms with Gasteiger partial charge >= 0.3 is 0 Å². The van der Waals surface area contributed by atoms with E-state index < -0.39 is 0 Å². The number of nitrogens with zero attached hydrogens (tertiary/aromatic N) is 1. The number of aryl methyl sites for hydroxylation is 1. The summed E-state index contributed by atoms with van der Waals surface area (Å²) >= 11 is 0. The van der Waals surface area contributed by atoms with E-state index >= 15 is 0 Å². The molecule has 3 heteroatoms. The first kappa shape index (κ1) is 14.5. The Bertz CT molecular complexity index is 648. The SMILES string of the molecule is Cc1ccc2cc(C(NN)C3CCCC3(C)C)ccc2n1. The maximum atomic E-state index is 5.91. The topological polar surface area (TPSA) is 50.9 Å². The number of hydrazine groups is 1. The molecular weight excluding hydrogens is 258 g/mol. The van der Waals surface area contributed by atoms with Crippen LogP contribution in [-0.4, -0.2) is 4.98 Å². The number of hydrogen-bond acceptors (Lipinski definition) is 3. The lowest BCUT2D eigenvalue weighted by molar-refractivity contribution is 0.198. The summed E-state index contributed by atoms with van der Waals surface area (Å²) in [5, 5.41) is 1.19. The number of pyridine rings is 1. The van der Waals surface area contributed by atoms with Crippen molar-refractivity contribution < 1.29 is 0 Å². The molecule has 0 aliphatic heterocycles. The van der Waals surface area contributed by atoms with Crippen molar-refractivity contribution in [2.75, 3.05) is 0 Å². The maximum absolute atomic E-state index is 5.91. The van der Waals surface area contributed by atoms with Crippen LogP contribution < -0.4 is 11.3 Å².